The van der Waals surface area contributed by atoms with E-state index in [1.165, 1.54) is 17.0 Å². The molecule has 0 bridgehead atoms. The summed E-state index contributed by atoms with van der Waals surface area (Å²) >= 11 is 0. The van der Waals surface area contributed by atoms with E-state index in [1.807, 2.05) is 0 Å². The van der Waals surface area contributed by atoms with Gasteiger partial charge in [0, 0.05) is 19.4 Å². The van der Waals surface area contributed by atoms with Crippen molar-refractivity contribution in [2.24, 2.45) is 0 Å². The second-order valence-electron chi connectivity index (χ2n) is 7.12. The Hall–Kier alpha value is -3.10. The number of rotatable bonds is 6. The third kappa shape index (κ3) is 4.41. The van der Waals surface area contributed by atoms with Gasteiger partial charge in [-0.1, -0.05) is 12.1 Å². The molecule has 2 fully saturated rings. The van der Waals surface area contributed by atoms with Crippen LogP contribution in [-0.2, 0) is 25.6 Å². The zero-order valence-electron chi connectivity index (χ0n) is 15.3. The Morgan fingerprint density at radius 2 is 1.93 bits per heavy atom. The first-order chi connectivity index (χ1) is 13.3. The van der Waals surface area contributed by atoms with Crippen LogP contribution in [-0.4, -0.2) is 63.5 Å². The van der Waals surface area contributed by atoms with Gasteiger partial charge in [-0.15, -0.1) is 0 Å². The molecule has 9 nitrogen and oxygen atoms in total. The number of likely N-dealkylation sites (tertiary alicyclic amines) is 1. The molecule has 3 rings (SSSR count). The molecule has 3 atom stereocenters. The smallest absolute Gasteiger partial charge is 0.326 e. The number of nitrogens with zero attached hydrogens (tertiary/aromatic N) is 1. The molecule has 1 aromatic carbocycles. The number of carbonyl (C=O) groups is 4. The molecule has 4 N–H and O–H groups in total. The van der Waals surface area contributed by atoms with E-state index in [0.717, 1.165) is 0 Å². The highest BCUT2D eigenvalue weighted by molar-refractivity contribution is 5.95. The summed E-state index contributed by atoms with van der Waals surface area (Å²) in [5.74, 6) is -2.10. The second kappa shape index (κ2) is 8.28. The normalized spacial score (nSPS) is 22.6. The molecular weight excluding hydrogens is 366 g/mol. The number of phenolic OH excluding ortho intramolecular Hbond substituents is 1. The van der Waals surface area contributed by atoms with Gasteiger partial charge in [-0.25, -0.2) is 4.79 Å². The second-order valence-corrected chi connectivity index (χ2v) is 7.12. The fourth-order valence-corrected chi connectivity index (χ4v) is 3.64. The SMILES string of the molecule is O=C1CC[C@@H](C(=O)N2CCC[C@H]2C(=O)N[C@@H](Cc2ccc(O)cc2)C(=O)O)N1. The minimum Gasteiger partial charge on any atom is -0.508 e. The molecular formula is C19H23N3O6. The number of carboxylic acid groups (broad SMARTS) is 1. The number of carboxylic acids is 1. The number of amides is 3. The maximum absolute atomic E-state index is 12.7. The first kappa shape index (κ1) is 19.7. The lowest BCUT2D eigenvalue weighted by atomic mass is 10.0. The summed E-state index contributed by atoms with van der Waals surface area (Å²) in [4.78, 5) is 49.7. The van der Waals surface area contributed by atoms with E-state index in [1.54, 1.807) is 12.1 Å². The van der Waals surface area contributed by atoms with E-state index >= 15 is 0 Å². The van der Waals surface area contributed by atoms with Crippen molar-refractivity contribution in [3.8, 4) is 5.75 Å². The number of benzene rings is 1. The van der Waals surface area contributed by atoms with Crippen molar-refractivity contribution in [3.63, 3.8) is 0 Å². The molecule has 28 heavy (non-hydrogen) atoms. The highest BCUT2D eigenvalue weighted by Crippen LogP contribution is 2.21. The number of hydrogen-bond donors (Lipinski definition) is 4. The molecule has 0 saturated carbocycles. The zero-order chi connectivity index (χ0) is 20.3. The van der Waals surface area contributed by atoms with E-state index < -0.39 is 30.0 Å². The Bertz CT molecular complexity index is 778. The van der Waals surface area contributed by atoms with E-state index in [0.29, 0.717) is 31.4 Å². The molecule has 0 spiro atoms. The molecule has 2 aliphatic rings. The van der Waals surface area contributed by atoms with Gasteiger partial charge in [-0.2, -0.15) is 0 Å². The summed E-state index contributed by atoms with van der Waals surface area (Å²) in [5.41, 5.74) is 0.651. The lowest BCUT2D eigenvalue weighted by Crippen LogP contribution is -2.54. The van der Waals surface area contributed by atoms with Crippen LogP contribution in [0, 0.1) is 0 Å². The number of carbonyl (C=O) groups excluding carboxylic acids is 3. The van der Waals surface area contributed by atoms with Crippen molar-refractivity contribution in [3.05, 3.63) is 29.8 Å². The van der Waals surface area contributed by atoms with Crippen LogP contribution in [0.25, 0.3) is 0 Å². The van der Waals surface area contributed by atoms with Gasteiger partial charge in [0.25, 0.3) is 0 Å². The summed E-state index contributed by atoms with van der Waals surface area (Å²) in [5, 5.41) is 23.9. The molecule has 0 unspecified atom stereocenters. The lowest BCUT2D eigenvalue weighted by Gasteiger charge is -2.27. The van der Waals surface area contributed by atoms with Crippen LogP contribution in [0.2, 0.25) is 0 Å². The Morgan fingerprint density at radius 1 is 1.21 bits per heavy atom. The van der Waals surface area contributed by atoms with Crippen LogP contribution in [0.1, 0.15) is 31.2 Å². The van der Waals surface area contributed by atoms with Gasteiger partial charge in [0.15, 0.2) is 0 Å². The lowest BCUT2D eigenvalue weighted by molar-refractivity contribution is -0.144. The van der Waals surface area contributed by atoms with Crippen LogP contribution < -0.4 is 10.6 Å². The predicted octanol–water partition coefficient (Wildman–Crippen LogP) is -0.226. The van der Waals surface area contributed by atoms with Crippen LogP contribution in [0.3, 0.4) is 0 Å². The van der Waals surface area contributed by atoms with Crippen molar-refractivity contribution in [2.75, 3.05) is 6.54 Å². The van der Waals surface area contributed by atoms with Crippen LogP contribution in [0.15, 0.2) is 24.3 Å². The first-order valence-electron chi connectivity index (χ1n) is 9.26. The quantitative estimate of drug-likeness (QED) is 0.531. The van der Waals surface area contributed by atoms with Crippen molar-refractivity contribution in [1.29, 1.82) is 0 Å². The standard InChI is InChI=1S/C19H23N3O6/c23-12-5-3-11(4-6-12)10-14(19(27)28)21-17(25)15-2-1-9-22(15)18(26)13-7-8-16(24)20-13/h3-6,13-15,23H,1-2,7-10H2,(H,20,24)(H,21,25)(H,27,28)/t13-,14-,15-/m0/s1. The average Bonchev–Trinajstić information content (AvgIpc) is 3.31. The number of hydrogen-bond acceptors (Lipinski definition) is 5. The molecule has 3 amide bonds. The van der Waals surface area contributed by atoms with E-state index in [9.17, 15) is 29.4 Å². The average molecular weight is 389 g/mol. The Labute approximate surface area is 161 Å². The van der Waals surface area contributed by atoms with Gasteiger partial charge in [0.1, 0.15) is 23.9 Å². The number of phenols is 1. The largest absolute Gasteiger partial charge is 0.508 e. The Morgan fingerprint density at radius 3 is 2.54 bits per heavy atom. The number of aromatic hydroxyl groups is 1. The van der Waals surface area contributed by atoms with Crippen LogP contribution >= 0.6 is 0 Å². The molecule has 0 aromatic heterocycles. The topological polar surface area (TPSA) is 136 Å². The maximum atomic E-state index is 12.7. The highest BCUT2D eigenvalue weighted by atomic mass is 16.4. The summed E-state index contributed by atoms with van der Waals surface area (Å²) in [6, 6.07) is 3.56. The van der Waals surface area contributed by atoms with Gasteiger partial charge in [-0.05, 0) is 37.0 Å². The van der Waals surface area contributed by atoms with Gasteiger partial charge in [0.05, 0.1) is 0 Å². The molecule has 1 aromatic rings. The van der Waals surface area contributed by atoms with E-state index in [2.05, 4.69) is 10.6 Å². The van der Waals surface area contributed by atoms with Gasteiger partial charge < -0.3 is 25.7 Å². The highest BCUT2D eigenvalue weighted by Gasteiger charge is 2.40. The molecule has 0 aliphatic carbocycles. The van der Waals surface area contributed by atoms with E-state index in [-0.39, 0.29) is 30.4 Å². The van der Waals surface area contributed by atoms with Crippen molar-refractivity contribution < 1.29 is 29.4 Å². The molecule has 2 aliphatic heterocycles. The maximum Gasteiger partial charge on any atom is 0.326 e. The summed E-state index contributed by atoms with van der Waals surface area (Å²) in [6.45, 7) is 0.402. The van der Waals surface area contributed by atoms with Crippen molar-refractivity contribution in [1.82, 2.24) is 15.5 Å². The third-order valence-electron chi connectivity index (χ3n) is 5.12. The summed E-state index contributed by atoms with van der Waals surface area (Å²) in [6.07, 6.45) is 1.83. The Kier molecular flexibility index (Phi) is 5.81. The van der Waals surface area contributed by atoms with Gasteiger partial charge >= 0.3 is 5.97 Å². The number of nitrogens with one attached hydrogen (secondary N) is 2. The molecule has 9 heteroatoms. The van der Waals surface area contributed by atoms with Gasteiger partial charge in [0.2, 0.25) is 17.7 Å². The fourth-order valence-electron chi connectivity index (χ4n) is 3.64. The van der Waals surface area contributed by atoms with E-state index in [4.69, 9.17) is 0 Å². The fraction of sp³-hybridized carbons (Fsp3) is 0.474. The molecule has 2 heterocycles. The minimum atomic E-state index is -1.18. The van der Waals surface area contributed by atoms with Gasteiger partial charge in [-0.3, -0.25) is 14.4 Å². The first-order valence-corrected chi connectivity index (χ1v) is 9.26. The zero-order valence-corrected chi connectivity index (χ0v) is 15.3. The monoisotopic (exact) mass is 389 g/mol. The third-order valence-corrected chi connectivity index (χ3v) is 5.12. The molecule has 150 valence electrons. The molecule has 2 saturated heterocycles. The van der Waals surface area contributed by atoms with Crippen molar-refractivity contribution in [2.45, 2.75) is 50.2 Å². The number of aliphatic carboxylic acids is 1. The summed E-state index contributed by atoms with van der Waals surface area (Å²) < 4.78 is 0. The summed E-state index contributed by atoms with van der Waals surface area (Å²) in [7, 11) is 0. The Balaban J connectivity index is 1.65. The predicted molar refractivity (Wildman–Crippen MR) is 97.3 cm³/mol. The van der Waals surface area contributed by atoms with Crippen LogP contribution in [0.5, 0.6) is 5.75 Å². The van der Waals surface area contributed by atoms with Crippen LogP contribution in [0.4, 0.5) is 0 Å². The minimum absolute atomic E-state index is 0.0563. The van der Waals surface area contributed by atoms with Crippen molar-refractivity contribution >= 4 is 23.7 Å². The molecule has 0 radical (unpaired) electrons.